The van der Waals surface area contributed by atoms with Gasteiger partial charge in [0.05, 0.1) is 5.69 Å². The number of hydrogen-bond acceptors (Lipinski definition) is 3. The fraction of sp³-hybridized carbons (Fsp3) is 0.250. The Bertz CT molecular complexity index is 717. The van der Waals surface area contributed by atoms with Gasteiger partial charge in [-0.2, -0.15) is 17.6 Å². The van der Waals surface area contributed by atoms with Crippen LogP contribution in [0.1, 0.15) is 13.8 Å². The molecule has 25 heavy (non-hydrogen) atoms. The van der Waals surface area contributed by atoms with Gasteiger partial charge < -0.3 is 15.4 Å². The summed E-state index contributed by atoms with van der Waals surface area (Å²) in [5.74, 6) is -2.08. The summed E-state index contributed by atoms with van der Waals surface area (Å²) in [6, 6.07) is 3.26. The van der Waals surface area contributed by atoms with Gasteiger partial charge in [-0.15, -0.1) is 0 Å². The number of halogens is 4. The molecule has 0 saturated heterocycles. The summed E-state index contributed by atoms with van der Waals surface area (Å²) in [6.45, 7) is 9.56. The minimum Gasteiger partial charge on any atom is -0.426 e. The van der Waals surface area contributed by atoms with Crippen molar-refractivity contribution in [2.45, 2.75) is 26.4 Å². The van der Waals surface area contributed by atoms with Crippen LogP contribution >= 0.6 is 0 Å². The molecule has 0 bridgehead atoms. The van der Waals surface area contributed by atoms with Crippen LogP contribution < -0.4 is 15.4 Å². The van der Waals surface area contributed by atoms with E-state index < -0.39 is 30.1 Å². The highest BCUT2D eigenvalue weighted by Gasteiger charge is 2.44. The first-order chi connectivity index (χ1) is 11.4. The molecule has 136 valence electrons. The Labute approximate surface area is 141 Å². The quantitative estimate of drug-likeness (QED) is 0.571. The van der Waals surface area contributed by atoms with E-state index in [0.29, 0.717) is 0 Å². The highest BCUT2D eigenvalue weighted by atomic mass is 19.3. The Hall–Kier alpha value is -2.84. The van der Waals surface area contributed by atoms with Gasteiger partial charge in [0.25, 0.3) is 11.8 Å². The van der Waals surface area contributed by atoms with Crippen LogP contribution in [0.3, 0.4) is 0 Å². The average molecular weight is 360 g/mol. The molecular weight excluding hydrogens is 344 g/mol. The molecule has 0 fully saturated rings. The Morgan fingerprint density at radius 3 is 2.08 bits per heavy atom. The van der Waals surface area contributed by atoms with E-state index in [0.717, 1.165) is 12.1 Å². The maximum Gasteiger partial charge on any atom is 0.461 e. The molecule has 0 spiro atoms. The number of carbonyl (C=O) groups excluding carboxylic acids is 2. The van der Waals surface area contributed by atoms with Crippen LogP contribution in [-0.4, -0.2) is 24.3 Å². The predicted molar refractivity (Wildman–Crippen MR) is 84.9 cm³/mol. The third-order valence-electron chi connectivity index (χ3n) is 2.76. The average Bonchev–Trinajstić information content (AvgIpc) is 2.48. The van der Waals surface area contributed by atoms with Crippen LogP contribution in [0.4, 0.5) is 28.9 Å². The first-order valence-corrected chi connectivity index (χ1v) is 6.86. The molecule has 2 amide bonds. The van der Waals surface area contributed by atoms with Gasteiger partial charge in [0.1, 0.15) is 0 Å². The van der Waals surface area contributed by atoms with Crippen LogP contribution in [0.5, 0.6) is 5.75 Å². The molecule has 0 aliphatic carbocycles. The maximum atomic E-state index is 13.2. The zero-order chi connectivity index (χ0) is 19.4. The van der Waals surface area contributed by atoms with E-state index in [9.17, 15) is 27.2 Å². The zero-order valence-electron chi connectivity index (χ0n) is 13.5. The summed E-state index contributed by atoms with van der Waals surface area (Å²) in [7, 11) is 0. The second-order valence-corrected chi connectivity index (χ2v) is 5.14. The van der Waals surface area contributed by atoms with Gasteiger partial charge in [-0.3, -0.25) is 9.59 Å². The largest absolute Gasteiger partial charge is 0.461 e. The minimum atomic E-state index is -4.79. The Morgan fingerprint density at radius 1 is 1.08 bits per heavy atom. The fourth-order valence-electron chi connectivity index (χ4n) is 1.45. The Balaban J connectivity index is 3.23. The van der Waals surface area contributed by atoms with Crippen molar-refractivity contribution in [2.75, 3.05) is 10.6 Å². The van der Waals surface area contributed by atoms with Gasteiger partial charge in [0.15, 0.2) is 5.75 Å². The minimum absolute atomic E-state index is 0.0126. The molecule has 1 aromatic carbocycles. The van der Waals surface area contributed by atoms with Gasteiger partial charge >= 0.3 is 12.5 Å². The topological polar surface area (TPSA) is 67.4 Å². The predicted octanol–water partition coefficient (Wildman–Crippen LogP) is 3.95. The van der Waals surface area contributed by atoms with Crippen molar-refractivity contribution < 1.29 is 31.9 Å². The number of rotatable bonds is 7. The highest BCUT2D eigenvalue weighted by molar-refractivity contribution is 6.05. The van der Waals surface area contributed by atoms with Crippen molar-refractivity contribution in [1.82, 2.24) is 0 Å². The third-order valence-corrected chi connectivity index (χ3v) is 2.76. The zero-order valence-corrected chi connectivity index (χ0v) is 13.5. The summed E-state index contributed by atoms with van der Waals surface area (Å²) in [5.41, 5.74) is -0.102. The Morgan fingerprint density at radius 2 is 1.60 bits per heavy atom. The number of amides is 2. The first kappa shape index (κ1) is 20.2. The molecule has 0 atom stereocenters. The molecule has 1 rings (SSSR count). The second kappa shape index (κ2) is 7.82. The molecule has 0 radical (unpaired) electrons. The van der Waals surface area contributed by atoms with E-state index in [1.54, 1.807) is 0 Å². The number of carbonyl (C=O) groups is 2. The molecule has 5 nitrogen and oxygen atoms in total. The van der Waals surface area contributed by atoms with Crippen molar-refractivity contribution in [3.05, 3.63) is 42.5 Å². The summed E-state index contributed by atoms with van der Waals surface area (Å²) in [6.07, 6.45) is -8.88. The van der Waals surface area contributed by atoms with Crippen LogP contribution in [0.15, 0.2) is 42.5 Å². The second-order valence-electron chi connectivity index (χ2n) is 5.14. The number of ether oxygens (including phenoxy) is 1. The lowest BCUT2D eigenvalue weighted by Crippen LogP contribution is -2.33. The monoisotopic (exact) mass is 360 g/mol. The van der Waals surface area contributed by atoms with Crippen molar-refractivity contribution in [2.24, 2.45) is 0 Å². The number of hydrogen-bond donors (Lipinski definition) is 2. The highest BCUT2D eigenvalue weighted by Crippen LogP contribution is 2.35. The van der Waals surface area contributed by atoms with Gasteiger partial charge in [-0.1, -0.05) is 13.2 Å². The lowest BCUT2D eigenvalue weighted by Gasteiger charge is -2.20. The first-order valence-electron chi connectivity index (χ1n) is 6.86. The molecular formula is C16H16F4N2O3. The lowest BCUT2D eigenvalue weighted by atomic mass is 10.2. The molecule has 0 aromatic heterocycles. The van der Waals surface area contributed by atoms with E-state index in [1.807, 2.05) is 0 Å². The SMILES string of the molecule is C=C(C)C(=O)Nc1ccc(NC(=O)C(=C)C)c(OC(F)(F)C(F)F)c1. The third kappa shape index (κ3) is 5.63. The molecule has 0 unspecified atom stereocenters. The van der Waals surface area contributed by atoms with Gasteiger partial charge in [-0.25, -0.2) is 0 Å². The van der Waals surface area contributed by atoms with Crippen LogP contribution in [-0.2, 0) is 9.59 Å². The number of benzene rings is 1. The molecule has 0 aliphatic heterocycles. The molecule has 0 heterocycles. The van der Waals surface area contributed by atoms with Crippen LogP contribution in [0.25, 0.3) is 0 Å². The smallest absolute Gasteiger partial charge is 0.426 e. The summed E-state index contributed by atoms with van der Waals surface area (Å²) < 4.78 is 55.3. The molecule has 1 aromatic rings. The normalized spacial score (nSPS) is 11.0. The van der Waals surface area contributed by atoms with Crippen molar-refractivity contribution in [3.8, 4) is 5.75 Å². The van der Waals surface area contributed by atoms with E-state index in [-0.39, 0.29) is 22.5 Å². The lowest BCUT2D eigenvalue weighted by molar-refractivity contribution is -0.252. The molecule has 2 N–H and O–H groups in total. The van der Waals surface area contributed by atoms with Gasteiger partial charge in [0, 0.05) is 22.9 Å². The summed E-state index contributed by atoms with van der Waals surface area (Å²) in [4.78, 5) is 23.2. The van der Waals surface area contributed by atoms with Gasteiger partial charge in [-0.05, 0) is 26.0 Å². The van der Waals surface area contributed by atoms with Gasteiger partial charge in [0.2, 0.25) is 0 Å². The maximum absolute atomic E-state index is 13.2. The number of anilines is 2. The standard InChI is InChI=1S/C16H16F4N2O3/c1-8(2)13(23)21-10-5-6-11(22-14(24)9(3)4)12(7-10)25-16(19,20)15(17)18/h5-7,15H,1,3H2,2,4H3,(H,21,23)(H,22,24). The van der Waals surface area contributed by atoms with Crippen LogP contribution in [0, 0.1) is 0 Å². The van der Waals surface area contributed by atoms with Crippen molar-refractivity contribution >= 4 is 23.2 Å². The van der Waals surface area contributed by atoms with Crippen molar-refractivity contribution in [3.63, 3.8) is 0 Å². The summed E-state index contributed by atoms with van der Waals surface area (Å²) >= 11 is 0. The molecule has 0 saturated carbocycles. The molecule has 0 aliphatic rings. The number of alkyl halides is 4. The van der Waals surface area contributed by atoms with Crippen LogP contribution in [0.2, 0.25) is 0 Å². The summed E-state index contributed by atoms with van der Waals surface area (Å²) in [5, 5.41) is 4.52. The van der Waals surface area contributed by atoms with E-state index in [4.69, 9.17) is 0 Å². The Kier molecular flexibility index (Phi) is 6.32. The van der Waals surface area contributed by atoms with E-state index in [1.165, 1.54) is 19.9 Å². The van der Waals surface area contributed by atoms with E-state index >= 15 is 0 Å². The fourth-order valence-corrected chi connectivity index (χ4v) is 1.45. The number of nitrogens with one attached hydrogen (secondary N) is 2. The molecule has 9 heteroatoms. The van der Waals surface area contributed by atoms with E-state index in [2.05, 4.69) is 28.5 Å². The van der Waals surface area contributed by atoms with Crippen molar-refractivity contribution in [1.29, 1.82) is 0 Å².